The molecule has 2 aliphatic heterocycles. The third-order valence-electron chi connectivity index (χ3n) is 5.84. The van der Waals surface area contributed by atoms with Crippen LogP contribution in [0.3, 0.4) is 0 Å². The molecule has 0 bridgehead atoms. The molecule has 27 heavy (non-hydrogen) atoms. The van der Waals surface area contributed by atoms with Gasteiger partial charge in [-0.1, -0.05) is 24.3 Å². The molecule has 1 aromatic carbocycles. The molecule has 2 heterocycles. The van der Waals surface area contributed by atoms with E-state index < -0.39 is 0 Å². The van der Waals surface area contributed by atoms with E-state index in [0.29, 0.717) is 12.1 Å². The highest BCUT2D eigenvalue weighted by Gasteiger charge is 2.21. The lowest BCUT2D eigenvalue weighted by Crippen LogP contribution is -2.50. The molecule has 2 N–H and O–H groups in total. The molecule has 1 saturated heterocycles. The minimum Gasteiger partial charge on any atom is -0.357 e. The molecule has 1 fully saturated rings. The first kappa shape index (κ1) is 20.2. The normalized spacial score (nSPS) is 19.9. The van der Waals surface area contributed by atoms with Gasteiger partial charge in [0.2, 0.25) is 0 Å². The summed E-state index contributed by atoms with van der Waals surface area (Å²) >= 11 is 0. The second-order valence-corrected chi connectivity index (χ2v) is 8.10. The lowest BCUT2D eigenvalue weighted by molar-refractivity contribution is 0.167. The summed E-state index contributed by atoms with van der Waals surface area (Å²) in [6.07, 6.45) is 3.56. The van der Waals surface area contributed by atoms with Gasteiger partial charge in [-0.15, -0.1) is 0 Å². The summed E-state index contributed by atoms with van der Waals surface area (Å²) in [6, 6.07) is 10.0. The standard InChI is InChI=1S/C22H37N5/c1-4-23-22(25-21-10-14-27(15-11-21)18(2)3)24-12-16-26-13-9-19-7-5-6-8-20(19)17-26/h5-8,18,21H,4,9-17H2,1-3H3,(H2,23,24,25). The number of nitrogens with one attached hydrogen (secondary N) is 2. The highest BCUT2D eigenvalue weighted by molar-refractivity contribution is 5.80. The first-order chi connectivity index (χ1) is 13.2. The fourth-order valence-corrected chi connectivity index (χ4v) is 4.12. The Balaban J connectivity index is 1.45. The molecule has 0 aliphatic carbocycles. The second kappa shape index (κ2) is 10.1. The van der Waals surface area contributed by atoms with Crippen LogP contribution in [-0.2, 0) is 13.0 Å². The Labute approximate surface area is 165 Å². The Morgan fingerprint density at radius 3 is 2.59 bits per heavy atom. The van der Waals surface area contributed by atoms with E-state index in [-0.39, 0.29) is 0 Å². The topological polar surface area (TPSA) is 42.9 Å². The Morgan fingerprint density at radius 1 is 1.15 bits per heavy atom. The molecule has 0 radical (unpaired) electrons. The summed E-state index contributed by atoms with van der Waals surface area (Å²) in [7, 11) is 0. The zero-order valence-corrected chi connectivity index (χ0v) is 17.4. The van der Waals surface area contributed by atoms with Crippen molar-refractivity contribution >= 4 is 5.96 Å². The molecule has 1 aromatic rings. The second-order valence-electron chi connectivity index (χ2n) is 8.10. The van der Waals surface area contributed by atoms with Crippen molar-refractivity contribution in [3.63, 3.8) is 0 Å². The smallest absolute Gasteiger partial charge is 0.191 e. The minimum atomic E-state index is 0.541. The number of guanidine groups is 1. The first-order valence-corrected chi connectivity index (χ1v) is 10.7. The molecule has 5 nitrogen and oxygen atoms in total. The lowest BCUT2D eigenvalue weighted by atomic mass is 10.00. The van der Waals surface area contributed by atoms with Crippen LogP contribution in [0, 0.1) is 0 Å². The van der Waals surface area contributed by atoms with Gasteiger partial charge in [-0.25, -0.2) is 0 Å². The number of benzene rings is 1. The Hall–Kier alpha value is -1.59. The molecule has 5 heteroatoms. The SMILES string of the molecule is CCNC(=NCCN1CCc2ccccc2C1)NC1CCN(C(C)C)CC1. The van der Waals surface area contributed by atoms with E-state index in [2.05, 4.69) is 65.5 Å². The van der Waals surface area contributed by atoms with Gasteiger partial charge in [0.15, 0.2) is 5.96 Å². The molecule has 2 aliphatic rings. The molecule has 0 spiro atoms. The van der Waals surface area contributed by atoms with E-state index in [1.807, 2.05) is 0 Å². The summed E-state index contributed by atoms with van der Waals surface area (Å²) in [6.45, 7) is 14.1. The maximum atomic E-state index is 4.85. The van der Waals surface area contributed by atoms with Crippen molar-refractivity contribution in [2.45, 2.75) is 58.7 Å². The van der Waals surface area contributed by atoms with Crippen LogP contribution in [0.4, 0.5) is 0 Å². The predicted octanol–water partition coefficient (Wildman–Crippen LogP) is 2.47. The lowest BCUT2D eigenvalue weighted by Gasteiger charge is -2.35. The number of hydrogen-bond acceptors (Lipinski definition) is 3. The van der Waals surface area contributed by atoms with Gasteiger partial charge in [-0.05, 0) is 51.2 Å². The van der Waals surface area contributed by atoms with E-state index in [0.717, 1.165) is 45.1 Å². The third kappa shape index (κ3) is 5.94. The number of hydrogen-bond donors (Lipinski definition) is 2. The zero-order chi connectivity index (χ0) is 19.1. The van der Waals surface area contributed by atoms with Crippen LogP contribution in [0.1, 0.15) is 44.7 Å². The van der Waals surface area contributed by atoms with Gasteiger partial charge in [0, 0.05) is 51.4 Å². The van der Waals surface area contributed by atoms with Crippen LogP contribution >= 0.6 is 0 Å². The Kier molecular flexibility index (Phi) is 7.53. The van der Waals surface area contributed by atoms with Crippen molar-refractivity contribution in [1.29, 1.82) is 0 Å². The minimum absolute atomic E-state index is 0.541. The largest absolute Gasteiger partial charge is 0.357 e. The summed E-state index contributed by atoms with van der Waals surface area (Å²) in [5.74, 6) is 0.984. The van der Waals surface area contributed by atoms with Gasteiger partial charge < -0.3 is 15.5 Å². The van der Waals surface area contributed by atoms with E-state index in [9.17, 15) is 0 Å². The van der Waals surface area contributed by atoms with Crippen LogP contribution in [0.2, 0.25) is 0 Å². The fourth-order valence-electron chi connectivity index (χ4n) is 4.12. The third-order valence-corrected chi connectivity index (χ3v) is 5.84. The van der Waals surface area contributed by atoms with Crippen molar-refractivity contribution in [3.8, 4) is 0 Å². The van der Waals surface area contributed by atoms with E-state index in [4.69, 9.17) is 4.99 Å². The quantitative estimate of drug-likeness (QED) is 0.596. The zero-order valence-electron chi connectivity index (χ0n) is 17.4. The van der Waals surface area contributed by atoms with Crippen molar-refractivity contribution in [3.05, 3.63) is 35.4 Å². The molecule has 3 rings (SSSR count). The number of rotatable bonds is 6. The molecular weight excluding hydrogens is 334 g/mol. The van der Waals surface area contributed by atoms with Crippen LogP contribution < -0.4 is 10.6 Å². The summed E-state index contributed by atoms with van der Waals surface area (Å²) < 4.78 is 0. The Bertz CT molecular complexity index is 604. The molecule has 150 valence electrons. The maximum absolute atomic E-state index is 4.85. The van der Waals surface area contributed by atoms with E-state index in [1.165, 1.54) is 37.1 Å². The highest BCUT2D eigenvalue weighted by atomic mass is 15.2. The first-order valence-electron chi connectivity index (χ1n) is 10.7. The molecule has 0 amide bonds. The Morgan fingerprint density at radius 2 is 1.89 bits per heavy atom. The van der Waals surface area contributed by atoms with Crippen molar-refractivity contribution < 1.29 is 0 Å². The fraction of sp³-hybridized carbons (Fsp3) is 0.682. The molecule has 0 saturated carbocycles. The average molecular weight is 372 g/mol. The molecular formula is C22H37N5. The van der Waals surface area contributed by atoms with Crippen LogP contribution in [0.25, 0.3) is 0 Å². The van der Waals surface area contributed by atoms with Gasteiger partial charge in [0.25, 0.3) is 0 Å². The van der Waals surface area contributed by atoms with Gasteiger partial charge in [0.1, 0.15) is 0 Å². The maximum Gasteiger partial charge on any atom is 0.191 e. The van der Waals surface area contributed by atoms with Crippen molar-refractivity contribution in [2.24, 2.45) is 4.99 Å². The monoisotopic (exact) mass is 371 g/mol. The summed E-state index contributed by atoms with van der Waals surface area (Å²) in [5.41, 5.74) is 3.00. The number of likely N-dealkylation sites (tertiary alicyclic amines) is 1. The van der Waals surface area contributed by atoms with Gasteiger partial charge in [-0.2, -0.15) is 0 Å². The summed E-state index contributed by atoms with van der Waals surface area (Å²) in [4.78, 5) is 9.94. The van der Waals surface area contributed by atoms with Crippen molar-refractivity contribution in [2.75, 3.05) is 39.3 Å². The molecule has 0 atom stereocenters. The van der Waals surface area contributed by atoms with E-state index in [1.54, 1.807) is 0 Å². The molecule has 0 unspecified atom stereocenters. The number of fused-ring (bicyclic) bond motifs is 1. The number of piperidine rings is 1. The number of nitrogens with zero attached hydrogens (tertiary/aromatic N) is 3. The van der Waals surface area contributed by atoms with Gasteiger partial charge in [-0.3, -0.25) is 9.89 Å². The average Bonchev–Trinajstić information content (AvgIpc) is 2.68. The highest BCUT2D eigenvalue weighted by Crippen LogP contribution is 2.18. The van der Waals surface area contributed by atoms with E-state index >= 15 is 0 Å². The van der Waals surface area contributed by atoms with Crippen LogP contribution in [-0.4, -0.2) is 67.1 Å². The number of aliphatic imine (C=N–C) groups is 1. The molecule has 0 aromatic heterocycles. The summed E-state index contributed by atoms with van der Waals surface area (Å²) in [5, 5.41) is 7.09. The van der Waals surface area contributed by atoms with Gasteiger partial charge in [0.05, 0.1) is 6.54 Å². The van der Waals surface area contributed by atoms with Gasteiger partial charge >= 0.3 is 0 Å². The van der Waals surface area contributed by atoms with Crippen molar-refractivity contribution in [1.82, 2.24) is 20.4 Å². The van der Waals surface area contributed by atoms with Crippen LogP contribution in [0.5, 0.6) is 0 Å². The predicted molar refractivity (Wildman–Crippen MR) is 114 cm³/mol. The van der Waals surface area contributed by atoms with Crippen LogP contribution in [0.15, 0.2) is 29.3 Å².